The molecule has 5 heteroatoms. The fourth-order valence-corrected chi connectivity index (χ4v) is 4.12. The topological polar surface area (TPSA) is 61.5 Å². The molecule has 0 radical (unpaired) electrons. The monoisotopic (exact) mass is 385 g/mol. The summed E-state index contributed by atoms with van der Waals surface area (Å²) in [7, 11) is 0. The largest absolute Gasteiger partial charge is 0.490 e. The molecule has 1 amide bonds. The van der Waals surface area contributed by atoms with E-state index >= 15 is 4.39 Å². The molecule has 28 heavy (non-hydrogen) atoms. The van der Waals surface area contributed by atoms with Crippen molar-refractivity contribution in [2.45, 2.75) is 60.2 Å². The molecule has 150 valence electrons. The third-order valence-corrected chi connectivity index (χ3v) is 5.23. The van der Waals surface area contributed by atoms with Crippen LogP contribution in [0.4, 0.5) is 9.18 Å². The highest BCUT2D eigenvalue weighted by Gasteiger charge is 2.42. The van der Waals surface area contributed by atoms with E-state index in [4.69, 9.17) is 15.2 Å². The van der Waals surface area contributed by atoms with E-state index in [0.29, 0.717) is 17.5 Å². The minimum atomic E-state index is -0.845. The van der Waals surface area contributed by atoms with Crippen LogP contribution in [-0.2, 0) is 11.2 Å². The molecule has 2 aromatic rings. The summed E-state index contributed by atoms with van der Waals surface area (Å²) in [4.78, 5) is 11.3. The predicted octanol–water partition coefficient (Wildman–Crippen LogP) is 5.62. The summed E-state index contributed by atoms with van der Waals surface area (Å²) in [6.07, 6.45) is -0.638. The zero-order chi connectivity index (χ0) is 20.8. The van der Waals surface area contributed by atoms with Crippen molar-refractivity contribution in [2.24, 2.45) is 11.1 Å². The van der Waals surface area contributed by atoms with Gasteiger partial charge in [0.25, 0.3) is 0 Å². The Labute approximate surface area is 165 Å². The summed E-state index contributed by atoms with van der Waals surface area (Å²) < 4.78 is 26.3. The number of hydrogen-bond donors (Lipinski definition) is 1. The third kappa shape index (κ3) is 3.71. The molecule has 3 rings (SSSR count). The number of nitrogens with two attached hydrogens (primary N) is 1. The number of benzene rings is 2. The van der Waals surface area contributed by atoms with Gasteiger partial charge in [-0.15, -0.1) is 0 Å². The van der Waals surface area contributed by atoms with Crippen LogP contribution in [0, 0.1) is 25.1 Å². The smallest absolute Gasteiger partial charge is 0.405 e. The van der Waals surface area contributed by atoms with Crippen LogP contribution in [0.25, 0.3) is 11.1 Å². The van der Waals surface area contributed by atoms with Gasteiger partial charge in [0.05, 0.1) is 6.10 Å². The average molecular weight is 385 g/mol. The Kier molecular flexibility index (Phi) is 5.13. The van der Waals surface area contributed by atoms with Gasteiger partial charge < -0.3 is 15.2 Å². The van der Waals surface area contributed by atoms with Crippen molar-refractivity contribution in [3.63, 3.8) is 0 Å². The first-order valence-corrected chi connectivity index (χ1v) is 9.56. The van der Waals surface area contributed by atoms with Crippen LogP contribution in [0.2, 0.25) is 0 Å². The maximum Gasteiger partial charge on any atom is 0.405 e. The van der Waals surface area contributed by atoms with E-state index in [2.05, 4.69) is 0 Å². The summed E-state index contributed by atoms with van der Waals surface area (Å²) in [5, 5.41) is 0. The summed E-state index contributed by atoms with van der Waals surface area (Å²) in [5.41, 5.74) is 9.84. The number of carbonyl (C=O) groups excluding carboxylic acids is 1. The van der Waals surface area contributed by atoms with E-state index in [-0.39, 0.29) is 17.3 Å². The molecular formula is C23H28FNO3. The van der Waals surface area contributed by atoms with Crippen LogP contribution in [-0.4, -0.2) is 12.2 Å². The van der Waals surface area contributed by atoms with Crippen molar-refractivity contribution >= 4 is 6.09 Å². The second kappa shape index (κ2) is 7.12. The Morgan fingerprint density at radius 3 is 2.32 bits per heavy atom. The Balaban J connectivity index is 2.06. The van der Waals surface area contributed by atoms with E-state index in [1.54, 1.807) is 0 Å². The SMILES string of the molecule is Cc1cc(-c2cc3c(cc2F)C(OC(N)=O)C(C)(C)C3)cc(C)c1OC(C)C. The number of amides is 1. The van der Waals surface area contributed by atoms with Crippen LogP contribution >= 0.6 is 0 Å². The normalized spacial score (nSPS) is 17.5. The number of primary amides is 1. The van der Waals surface area contributed by atoms with Gasteiger partial charge in [0.2, 0.25) is 0 Å². The van der Waals surface area contributed by atoms with Crippen LogP contribution in [0.3, 0.4) is 0 Å². The van der Waals surface area contributed by atoms with Gasteiger partial charge in [0.15, 0.2) is 0 Å². The van der Waals surface area contributed by atoms with Crippen molar-refractivity contribution in [2.75, 3.05) is 0 Å². The van der Waals surface area contributed by atoms with Crippen molar-refractivity contribution < 1.29 is 18.7 Å². The fraction of sp³-hybridized carbons (Fsp3) is 0.435. The van der Waals surface area contributed by atoms with Gasteiger partial charge in [0.1, 0.15) is 17.7 Å². The van der Waals surface area contributed by atoms with Crippen molar-refractivity contribution in [3.8, 4) is 16.9 Å². The first-order chi connectivity index (χ1) is 13.0. The quantitative estimate of drug-likeness (QED) is 0.743. The average Bonchev–Trinajstić information content (AvgIpc) is 2.79. The lowest BCUT2D eigenvalue weighted by Crippen LogP contribution is -2.25. The molecule has 0 bridgehead atoms. The predicted molar refractivity (Wildman–Crippen MR) is 108 cm³/mol. The summed E-state index contributed by atoms with van der Waals surface area (Å²) >= 11 is 0. The molecule has 1 atom stereocenters. The fourth-order valence-electron chi connectivity index (χ4n) is 4.12. The highest BCUT2D eigenvalue weighted by molar-refractivity contribution is 5.70. The highest BCUT2D eigenvalue weighted by atomic mass is 19.1. The molecule has 1 aliphatic carbocycles. The number of ether oxygens (including phenoxy) is 2. The molecule has 0 aromatic heterocycles. The molecule has 0 aliphatic heterocycles. The van der Waals surface area contributed by atoms with Crippen LogP contribution < -0.4 is 10.5 Å². The number of halogens is 1. The van der Waals surface area contributed by atoms with Gasteiger partial charge in [-0.3, -0.25) is 0 Å². The number of aryl methyl sites for hydroxylation is 2. The number of hydrogen-bond acceptors (Lipinski definition) is 3. The van der Waals surface area contributed by atoms with E-state index < -0.39 is 12.2 Å². The zero-order valence-electron chi connectivity index (χ0n) is 17.4. The van der Waals surface area contributed by atoms with E-state index in [0.717, 1.165) is 28.0 Å². The lowest BCUT2D eigenvalue weighted by molar-refractivity contribution is 0.0391. The molecule has 0 saturated heterocycles. The Bertz CT molecular complexity index is 911. The van der Waals surface area contributed by atoms with Gasteiger partial charge >= 0.3 is 6.09 Å². The van der Waals surface area contributed by atoms with Gasteiger partial charge in [-0.1, -0.05) is 13.8 Å². The Morgan fingerprint density at radius 1 is 1.18 bits per heavy atom. The molecule has 0 fully saturated rings. The standard InChI is InChI=1S/C23H28FNO3/c1-12(2)27-20-13(3)7-15(8-14(20)4)17-9-16-11-23(5,6)21(28-22(25)26)18(16)10-19(17)24/h7-10,12,21H,11H2,1-6H3,(H2,25,26). The van der Waals surface area contributed by atoms with Crippen molar-refractivity contribution in [3.05, 3.63) is 52.3 Å². The van der Waals surface area contributed by atoms with Crippen LogP contribution in [0.5, 0.6) is 5.75 Å². The first kappa shape index (κ1) is 20.2. The molecule has 1 unspecified atom stereocenters. The first-order valence-electron chi connectivity index (χ1n) is 9.56. The van der Waals surface area contributed by atoms with Gasteiger partial charge in [-0.2, -0.15) is 0 Å². The number of fused-ring (bicyclic) bond motifs is 1. The zero-order valence-corrected chi connectivity index (χ0v) is 17.4. The molecular weight excluding hydrogens is 357 g/mol. The minimum Gasteiger partial charge on any atom is -0.490 e. The van der Waals surface area contributed by atoms with Gasteiger partial charge in [-0.25, -0.2) is 9.18 Å². The highest BCUT2D eigenvalue weighted by Crippen LogP contribution is 2.49. The van der Waals surface area contributed by atoms with Crippen LogP contribution in [0.1, 0.15) is 56.1 Å². The second-order valence-corrected chi connectivity index (χ2v) is 8.62. The molecule has 1 aliphatic rings. The summed E-state index contributed by atoms with van der Waals surface area (Å²) in [6, 6.07) is 7.25. The Morgan fingerprint density at radius 2 is 1.79 bits per heavy atom. The maximum atomic E-state index is 15.1. The van der Waals surface area contributed by atoms with E-state index in [1.165, 1.54) is 6.07 Å². The second-order valence-electron chi connectivity index (χ2n) is 8.62. The summed E-state index contributed by atoms with van der Waals surface area (Å²) in [5.74, 6) is 0.502. The van der Waals surface area contributed by atoms with Crippen molar-refractivity contribution in [1.82, 2.24) is 0 Å². The minimum absolute atomic E-state index is 0.0735. The Hall–Kier alpha value is -2.56. The number of rotatable bonds is 4. The molecule has 2 N–H and O–H groups in total. The van der Waals surface area contributed by atoms with E-state index in [1.807, 2.05) is 59.7 Å². The molecule has 2 aromatic carbocycles. The van der Waals surface area contributed by atoms with E-state index in [9.17, 15) is 4.79 Å². The molecule has 0 saturated carbocycles. The van der Waals surface area contributed by atoms with Crippen LogP contribution in [0.15, 0.2) is 24.3 Å². The number of carbonyl (C=O) groups is 1. The molecule has 4 nitrogen and oxygen atoms in total. The lowest BCUT2D eigenvalue weighted by Gasteiger charge is -2.26. The molecule has 0 heterocycles. The molecule has 0 spiro atoms. The lowest BCUT2D eigenvalue weighted by atomic mass is 9.87. The van der Waals surface area contributed by atoms with Gasteiger partial charge in [0, 0.05) is 11.0 Å². The summed E-state index contributed by atoms with van der Waals surface area (Å²) in [6.45, 7) is 11.9. The third-order valence-electron chi connectivity index (χ3n) is 5.23. The maximum absolute atomic E-state index is 15.1. The van der Waals surface area contributed by atoms with Gasteiger partial charge in [-0.05, 0) is 86.2 Å². The van der Waals surface area contributed by atoms with Crippen molar-refractivity contribution in [1.29, 1.82) is 0 Å².